The van der Waals surface area contributed by atoms with Gasteiger partial charge in [-0.05, 0) is 26.2 Å². The highest BCUT2D eigenvalue weighted by Gasteiger charge is 2.16. The van der Waals surface area contributed by atoms with Crippen LogP contribution in [-0.2, 0) is 11.3 Å². The fourth-order valence-corrected chi connectivity index (χ4v) is 2.14. The number of ether oxygens (including phenoxy) is 1. The first kappa shape index (κ1) is 15.2. The van der Waals surface area contributed by atoms with Crippen molar-refractivity contribution in [2.75, 3.05) is 13.2 Å². The van der Waals surface area contributed by atoms with Gasteiger partial charge in [0.15, 0.2) is 0 Å². The van der Waals surface area contributed by atoms with E-state index in [1.165, 1.54) is 11.3 Å². The molecule has 1 unspecified atom stereocenters. The Balaban J connectivity index is 2.62. The molecule has 0 saturated carbocycles. The zero-order chi connectivity index (χ0) is 13.7. The van der Waals surface area contributed by atoms with Crippen LogP contribution in [0.15, 0.2) is 0 Å². The molecule has 0 bridgehead atoms. The molecule has 0 amide bonds. The van der Waals surface area contributed by atoms with Gasteiger partial charge in [0, 0.05) is 23.9 Å². The summed E-state index contributed by atoms with van der Waals surface area (Å²) in [5, 5.41) is 4.55. The van der Waals surface area contributed by atoms with Crippen LogP contribution in [0.25, 0.3) is 0 Å². The zero-order valence-electron chi connectivity index (χ0n) is 12.4. The maximum atomic E-state index is 6.12. The molecule has 18 heavy (non-hydrogen) atoms. The fourth-order valence-electron chi connectivity index (χ4n) is 2.14. The Hall–Kier alpha value is -0.870. The van der Waals surface area contributed by atoms with Gasteiger partial charge >= 0.3 is 0 Å². The molecule has 1 aromatic rings. The van der Waals surface area contributed by atoms with Crippen molar-refractivity contribution in [3.05, 3.63) is 17.0 Å². The van der Waals surface area contributed by atoms with Crippen LogP contribution in [0, 0.1) is 19.8 Å². The Labute approximate surface area is 111 Å². The Morgan fingerprint density at radius 2 is 2.00 bits per heavy atom. The summed E-state index contributed by atoms with van der Waals surface area (Å²) in [7, 11) is 0. The van der Waals surface area contributed by atoms with Crippen LogP contribution in [0.5, 0.6) is 0 Å². The van der Waals surface area contributed by atoms with Gasteiger partial charge in [-0.3, -0.25) is 4.68 Å². The maximum absolute atomic E-state index is 6.12. The van der Waals surface area contributed by atoms with Gasteiger partial charge in [0.2, 0.25) is 0 Å². The quantitative estimate of drug-likeness (QED) is 0.760. The summed E-state index contributed by atoms with van der Waals surface area (Å²) in [5.41, 5.74) is 9.54. The molecule has 0 aliphatic carbocycles. The maximum Gasteiger partial charge on any atom is 0.0662 e. The number of aryl methyl sites for hydroxylation is 1. The number of nitrogens with zero attached hydrogens (tertiary/aromatic N) is 2. The van der Waals surface area contributed by atoms with Crippen molar-refractivity contribution >= 4 is 0 Å². The number of rotatable bonds is 7. The van der Waals surface area contributed by atoms with Crippen LogP contribution in [-0.4, -0.2) is 23.0 Å². The van der Waals surface area contributed by atoms with Crippen LogP contribution in [0.1, 0.15) is 50.2 Å². The molecule has 0 fully saturated rings. The molecule has 1 atom stereocenters. The highest BCUT2D eigenvalue weighted by atomic mass is 16.5. The van der Waals surface area contributed by atoms with Crippen LogP contribution < -0.4 is 5.73 Å². The van der Waals surface area contributed by atoms with Gasteiger partial charge in [0.25, 0.3) is 0 Å². The standard InChI is InChI=1S/C14H27N3O/c1-6-13(15)14-11(4)16-17(12(14)5)7-8-18-9-10(2)3/h10,13H,6-9,15H2,1-5H3. The molecule has 0 spiro atoms. The number of hydrogen-bond acceptors (Lipinski definition) is 3. The molecule has 0 aliphatic rings. The average molecular weight is 253 g/mol. The van der Waals surface area contributed by atoms with Crippen molar-refractivity contribution in [1.29, 1.82) is 0 Å². The molecule has 0 radical (unpaired) electrons. The normalized spacial score (nSPS) is 13.3. The molecular weight excluding hydrogens is 226 g/mol. The summed E-state index contributed by atoms with van der Waals surface area (Å²) in [5.74, 6) is 0.578. The molecule has 2 N–H and O–H groups in total. The van der Waals surface area contributed by atoms with Gasteiger partial charge in [-0.1, -0.05) is 20.8 Å². The lowest BCUT2D eigenvalue weighted by molar-refractivity contribution is 0.100. The van der Waals surface area contributed by atoms with E-state index < -0.39 is 0 Å². The van der Waals surface area contributed by atoms with Crippen molar-refractivity contribution in [3.63, 3.8) is 0 Å². The number of hydrogen-bond donors (Lipinski definition) is 1. The number of aromatic nitrogens is 2. The molecular formula is C14H27N3O. The van der Waals surface area contributed by atoms with E-state index in [1.807, 2.05) is 11.6 Å². The van der Waals surface area contributed by atoms with Gasteiger partial charge < -0.3 is 10.5 Å². The fraction of sp³-hybridized carbons (Fsp3) is 0.786. The number of nitrogens with two attached hydrogens (primary N) is 1. The molecule has 0 saturated heterocycles. The molecule has 0 aliphatic heterocycles. The Morgan fingerprint density at radius 3 is 2.56 bits per heavy atom. The van der Waals surface area contributed by atoms with E-state index in [2.05, 4.69) is 32.8 Å². The summed E-state index contributed by atoms with van der Waals surface area (Å²) in [6, 6.07) is 0.0929. The minimum atomic E-state index is 0.0929. The summed E-state index contributed by atoms with van der Waals surface area (Å²) < 4.78 is 7.61. The first-order chi connectivity index (χ1) is 8.47. The second-order valence-electron chi connectivity index (χ2n) is 5.29. The van der Waals surface area contributed by atoms with Gasteiger partial charge in [-0.2, -0.15) is 5.10 Å². The van der Waals surface area contributed by atoms with E-state index in [-0.39, 0.29) is 6.04 Å². The van der Waals surface area contributed by atoms with Crippen LogP contribution in [0.2, 0.25) is 0 Å². The summed E-state index contributed by atoms with van der Waals surface area (Å²) in [6.45, 7) is 12.9. The van der Waals surface area contributed by atoms with E-state index in [1.54, 1.807) is 0 Å². The largest absolute Gasteiger partial charge is 0.379 e. The minimum absolute atomic E-state index is 0.0929. The molecule has 4 nitrogen and oxygen atoms in total. The Morgan fingerprint density at radius 1 is 1.33 bits per heavy atom. The summed E-state index contributed by atoms with van der Waals surface area (Å²) in [6.07, 6.45) is 0.942. The van der Waals surface area contributed by atoms with Crippen molar-refractivity contribution in [1.82, 2.24) is 9.78 Å². The lowest BCUT2D eigenvalue weighted by atomic mass is 10.0. The minimum Gasteiger partial charge on any atom is -0.379 e. The second-order valence-corrected chi connectivity index (χ2v) is 5.29. The molecule has 104 valence electrons. The lowest BCUT2D eigenvalue weighted by Gasteiger charge is -2.11. The first-order valence-electron chi connectivity index (χ1n) is 6.84. The van der Waals surface area contributed by atoms with E-state index >= 15 is 0 Å². The SMILES string of the molecule is CCC(N)c1c(C)nn(CCOCC(C)C)c1C. The molecule has 4 heteroatoms. The Kier molecular flexibility index (Phi) is 5.82. The highest BCUT2D eigenvalue weighted by Crippen LogP contribution is 2.21. The monoisotopic (exact) mass is 253 g/mol. The average Bonchev–Trinajstić information content (AvgIpc) is 2.59. The van der Waals surface area contributed by atoms with Gasteiger partial charge in [0.05, 0.1) is 18.8 Å². The van der Waals surface area contributed by atoms with Crippen LogP contribution >= 0.6 is 0 Å². The van der Waals surface area contributed by atoms with Gasteiger partial charge in [-0.15, -0.1) is 0 Å². The van der Waals surface area contributed by atoms with Crippen LogP contribution in [0.4, 0.5) is 0 Å². The summed E-state index contributed by atoms with van der Waals surface area (Å²) >= 11 is 0. The van der Waals surface area contributed by atoms with Crippen molar-refractivity contribution in [2.24, 2.45) is 11.7 Å². The Bertz CT molecular complexity index is 371. The van der Waals surface area contributed by atoms with Crippen molar-refractivity contribution in [2.45, 2.75) is 53.6 Å². The van der Waals surface area contributed by atoms with E-state index in [9.17, 15) is 0 Å². The third-order valence-electron chi connectivity index (χ3n) is 3.15. The molecule has 1 aromatic heterocycles. The highest BCUT2D eigenvalue weighted by molar-refractivity contribution is 5.27. The predicted octanol–water partition coefficient (Wildman–Crippen LogP) is 2.58. The third kappa shape index (κ3) is 3.82. The van der Waals surface area contributed by atoms with Crippen LogP contribution in [0.3, 0.4) is 0 Å². The van der Waals surface area contributed by atoms with Crippen molar-refractivity contribution < 1.29 is 4.74 Å². The third-order valence-corrected chi connectivity index (χ3v) is 3.15. The second kappa shape index (κ2) is 6.90. The molecule has 1 rings (SSSR count). The van der Waals surface area contributed by atoms with E-state index in [0.717, 1.165) is 25.3 Å². The van der Waals surface area contributed by atoms with E-state index in [4.69, 9.17) is 10.5 Å². The smallest absolute Gasteiger partial charge is 0.0662 e. The summed E-state index contributed by atoms with van der Waals surface area (Å²) in [4.78, 5) is 0. The predicted molar refractivity (Wildman–Crippen MR) is 74.6 cm³/mol. The van der Waals surface area contributed by atoms with Gasteiger partial charge in [-0.25, -0.2) is 0 Å². The molecule has 0 aromatic carbocycles. The topological polar surface area (TPSA) is 53.1 Å². The van der Waals surface area contributed by atoms with E-state index in [0.29, 0.717) is 12.5 Å². The van der Waals surface area contributed by atoms with Crippen molar-refractivity contribution in [3.8, 4) is 0 Å². The first-order valence-corrected chi connectivity index (χ1v) is 6.84. The zero-order valence-corrected chi connectivity index (χ0v) is 12.4. The van der Waals surface area contributed by atoms with Gasteiger partial charge in [0.1, 0.15) is 0 Å². The lowest BCUT2D eigenvalue weighted by Crippen LogP contribution is -2.13. The molecule has 1 heterocycles.